The van der Waals surface area contributed by atoms with Crippen LogP contribution in [0.1, 0.15) is 16.9 Å². The maximum atomic E-state index is 11.2. The zero-order chi connectivity index (χ0) is 20.8. The van der Waals surface area contributed by atoms with Crippen LogP contribution in [0, 0.1) is 0 Å². The van der Waals surface area contributed by atoms with E-state index < -0.39 is 5.97 Å². The van der Waals surface area contributed by atoms with Gasteiger partial charge in [0.05, 0.1) is 33.6 Å². The van der Waals surface area contributed by atoms with Crippen LogP contribution >= 0.6 is 34.5 Å². The quantitative estimate of drug-likeness (QED) is 0.449. The van der Waals surface area contributed by atoms with Crippen LogP contribution in [0.5, 0.6) is 0 Å². The van der Waals surface area contributed by atoms with E-state index in [4.69, 9.17) is 38.0 Å². The van der Waals surface area contributed by atoms with Crippen molar-refractivity contribution in [2.45, 2.75) is 19.6 Å². The van der Waals surface area contributed by atoms with E-state index in [0.29, 0.717) is 29.7 Å². The van der Waals surface area contributed by atoms with Crippen LogP contribution in [0.3, 0.4) is 0 Å². The smallest absolute Gasteiger partial charge is 0.305 e. The van der Waals surface area contributed by atoms with Gasteiger partial charge < -0.3 is 14.7 Å². The summed E-state index contributed by atoms with van der Waals surface area (Å²) in [4.78, 5) is 18.9. The minimum absolute atomic E-state index is 0.0220. The Hall–Kier alpha value is -2.12. The second-order valence-electron chi connectivity index (χ2n) is 6.38. The van der Waals surface area contributed by atoms with Crippen LogP contribution in [0.15, 0.2) is 48.5 Å². The average Bonchev–Trinajstić information content (AvgIpc) is 3.12. The van der Waals surface area contributed by atoms with Crippen molar-refractivity contribution in [1.82, 2.24) is 4.98 Å². The van der Waals surface area contributed by atoms with Gasteiger partial charge in [0, 0.05) is 25.8 Å². The lowest BCUT2D eigenvalue weighted by Crippen LogP contribution is -2.25. The number of methoxy groups -OCH3 is 1. The van der Waals surface area contributed by atoms with Gasteiger partial charge in [0.15, 0.2) is 5.13 Å². The molecule has 0 aliphatic heterocycles. The molecule has 1 aromatic heterocycles. The summed E-state index contributed by atoms with van der Waals surface area (Å²) < 4.78 is 5.35. The standard InChI is InChI=1S/C21H20Cl2N2O3S/c1-28-13-18-20(15-7-8-16(22)17(23)11-15)24-21(29-18)25(10-9-19(26)27)12-14-5-3-2-4-6-14/h2-8,11H,9-10,12-13H2,1H3,(H,26,27). The second-order valence-corrected chi connectivity index (χ2v) is 8.26. The molecule has 3 rings (SSSR count). The Kier molecular flexibility index (Phi) is 7.50. The molecular formula is C21H20Cl2N2O3S. The van der Waals surface area contributed by atoms with Gasteiger partial charge in [-0.15, -0.1) is 0 Å². The van der Waals surface area contributed by atoms with E-state index in [1.807, 2.05) is 41.3 Å². The number of carbonyl (C=O) groups is 1. The van der Waals surface area contributed by atoms with Crippen LogP contribution < -0.4 is 4.90 Å². The number of nitrogens with zero attached hydrogens (tertiary/aromatic N) is 2. The maximum absolute atomic E-state index is 11.2. The molecule has 1 N–H and O–H groups in total. The third-order valence-electron chi connectivity index (χ3n) is 4.24. The lowest BCUT2D eigenvalue weighted by atomic mass is 10.1. The highest BCUT2D eigenvalue weighted by Gasteiger charge is 2.19. The molecule has 0 saturated heterocycles. The fourth-order valence-corrected chi connectivity index (χ4v) is 4.23. The summed E-state index contributed by atoms with van der Waals surface area (Å²) in [6, 6.07) is 15.3. The van der Waals surface area contributed by atoms with Crippen molar-refractivity contribution >= 4 is 45.6 Å². The third-order valence-corrected chi connectivity index (χ3v) is 6.07. The number of benzene rings is 2. The van der Waals surface area contributed by atoms with Gasteiger partial charge in [-0.1, -0.05) is 70.9 Å². The Morgan fingerprint density at radius 3 is 2.59 bits per heavy atom. The number of halogens is 2. The molecule has 29 heavy (non-hydrogen) atoms. The number of hydrogen-bond donors (Lipinski definition) is 1. The van der Waals surface area contributed by atoms with Gasteiger partial charge in [-0.05, 0) is 17.7 Å². The van der Waals surface area contributed by atoms with E-state index >= 15 is 0 Å². The molecule has 5 nitrogen and oxygen atoms in total. The molecule has 0 fully saturated rings. The lowest BCUT2D eigenvalue weighted by molar-refractivity contribution is -0.136. The number of thiazole rings is 1. The first-order valence-corrected chi connectivity index (χ1v) is 10.5. The molecule has 0 aliphatic rings. The predicted octanol–water partition coefficient (Wildman–Crippen LogP) is 5.74. The first kappa shape index (κ1) is 21.6. The molecule has 2 aromatic carbocycles. The van der Waals surface area contributed by atoms with Gasteiger partial charge >= 0.3 is 5.97 Å². The Morgan fingerprint density at radius 2 is 1.93 bits per heavy atom. The number of anilines is 1. The summed E-state index contributed by atoms with van der Waals surface area (Å²) in [6.07, 6.45) is 0.0220. The van der Waals surface area contributed by atoms with Crippen LogP contribution in [0.25, 0.3) is 11.3 Å². The zero-order valence-corrected chi connectivity index (χ0v) is 18.1. The third kappa shape index (κ3) is 5.70. The molecule has 0 spiro atoms. The van der Waals surface area contributed by atoms with Crippen LogP contribution in [0.2, 0.25) is 10.0 Å². The summed E-state index contributed by atoms with van der Waals surface area (Å²) in [5, 5.41) is 10.8. The minimum Gasteiger partial charge on any atom is -0.481 e. The van der Waals surface area contributed by atoms with Crippen LogP contribution in [-0.4, -0.2) is 29.7 Å². The molecule has 0 aliphatic carbocycles. The normalized spacial score (nSPS) is 10.9. The molecule has 0 amide bonds. The summed E-state index contributed by atoms with van der Waals surface area (Å²) in [5.74, 6) is -0.846. The Balaban J connectivity index is 1.98. The lowest BCUT2D eigenvalue weighted by Gasteiger charge is -2.21. The topological polar surface area (TPSA) is 62.7 Å². The largest absolute Gasteiger partial charge is 0.481 e. The molecule has 0 saturated carbocycles. The van der Waals surface area contributed by atoms with E-state index in [2.05, 4.69) is 0 Å². The highest BCUT2D eigenvalue weighted by Crippen LogP contribution is 2.36. The summed E-state index contributed by atoms with van der Waals surface area (Å²) in [7, 11) is 1.63. The number of aliphatic carboxylic acids is 1. The van der Waals surface area contributed by atoms with E-state index in [0.717, 1.165) is 26.8 Å². The number of carboxylic acid groups (broad SMARTS) is 1. The molecular weight excluding hydrogens is 431 g/mol. The summed E-state index contributed by atoms with van der Waals surface area (Å²) >= 11 is 13.7. The van der Waals surface area contributed by atoms with Gasteiger partial charge in [-0.2, -0.15) is 0 Å². The van der Waals surface area contributed by atoms with Crippen molar-refractivity contribution in [3.63, 3.8) is 0 Å². The van der Waals surface area contributed by atoms with Gasteiger partial charge in [-0.3, -0.25) is 4.79 Å². The Labute approximate surface area is 183 Å². The number of carboxylic acids is 1. The Bertz CT molecular complexity index is 979. The Morgan fingerprint density at radius 1 is 1.17 bits per heavy atom. The number of rotatable bonds is 9. The predicted molar refractivity (Wildman–Crippen MR) is 118 cm³/mol. The van der Waals surface area contributed by atoms with Crippen molar-refractivity contribution in [3.05, 3.63) is 69.0 Å². The fraction of sp³-hybridized carbons (Fsp3) is 0.238. The first-order valence-electron chi connectivity index (χ1n) is 8.92. The molecule has 152 valence electrons. The van der Waals surface area contributed by atoms with Crippen molar-refractivity contribution in [2.75, 3.05) is 18.6 Å². The van der Waals surface area contributed by atoms with Crippen molar-refractivity contribution in [1.29, 1.82) is 0 Å². The minimum atomic E-state index is -0.846. The van der Waals surface area contributed by atoms with E-state index in [1.165, 1.54) is 11.3 Å². The highest BCUT2D eigenvalue weighted by molar-refractivity contribution is 7.16. The molecule has 0 radical (unpaired) electrons. The van der Waals surface area contributed by atoms with Gasteiger partial charge in [0.2, 0.25) is 0 Å². The zero-order valence-electron chi connectivity index (χ0n) is 15.8. The SMILES string of the molecule is COCc1sc(N(CCC(=O)O)Cc2ccccc2)nc1-c1ccc(Cl)c(Cl)c1. The van der Waals surface area contributed by atoms with Gasteiger partial charge in [-0.25, -0.2) is 4.98 Å². The molecule has 3 aromatic rings. The van der Waals surface area contributed by atoms with Gasteiger partial charge in [0.1, 0.15) is 0 Å². The van der Waals surface area contributed by atoms with Crippen molar-refractivity contribution < 1.29 is 14.6 Å². The van der Waals surface area contributed by atoms with Crippen molar-refractivity contribution in [2.24, 2.45) is 0 Å². The van der Waals surface area contributed by atoms with E-state index in [1.54, 1.807) is 19.2 Å². The van der Waals surface area contributed by atoms with Gasteiger partial charge in [0.25, 0.3) is 0 Å². The molecule has 1 heterocycles. The number of ether oxygens (including phenoxy) is 1. The first-order chi connectivity index (χ1) is 14.0. The molecule has 0 atom stereocenters. The number of hydrogen-bond acceptors (Lipinski definition) is 5. The van der Waals surface area contributed by atoms with Crippen molar-refractivity contribution in [3.8, 4) is 11.3 Å². The monoisotopic (exact) mass is 450 g/mol. The summed E-state index contributed by atoms with van der Waals surface area (Å²) in [5.41, 5.74) is 2.68. The summed E-state index contributed by atoms with van der Waals surface area (Å²) in [6.45, 7) is 1.31. The fourth-order valence-electron chi connectivity index (χ4n) is 2.85. The maximum Gasteiger partial charge on any atom is 0.305 e. The second kappa shape index (κ2) is 10.1. The van der Waals surface area contributed by atoms with Crippen LogP contribution in [0.4, 0.5) is 5.13 Å². The molecule has 0 bridgehead atoms. The number of aromatic nitrogens is 1. The molecule has 8 heteroatoms. The average molecular weight is 451 g/mol. The molecule has 0 unspecified atom stereocenters. The highest BCUT2D eigenvalue weighted by atomic mass is 35.5. The van der Waals surface area contributed by atoms with Crippen LogP contribution in [-0.2, 0) is 22.7 Å². The van der Waals surface area contributed by atoms with E-state index in [9.17, 15) is 4.79 Å². The van der Waals surface area contributed by atoms with E-state index in [-0.39, 0.29) is 6.42 Å².